The normalized spacial score (nSPS) is 20.5. The van der Waals surface area contributed by atoms with Gasteiger partial charge in [-0.1, -0.05) is 11.6 Å². The van der Waals surface area contributed by atoms with E-state index in [0.29, 0.717) is 17.7 Å². The summed E-state index contributed by atoms with van der Waals surface area (Å²) in [5, 5.41) is 4.08. The zero-order chi connectivity index (χ0) is 15.9. The Balaban J connectivity index is 0.00000264. The van der Waals surface area contributed by atoms with E-state index in [1.165, 1.54) is 0 Å². The van der Waals surface area contributed by atoms with E-state index in [-0.39, 0.29) is 24.2 Å². The highest BCUT2D eigenvalue weighted by molar-refractivity contribution is 6.30. The molecule has 23 heavy (non-hydrogen) atoms. The SMILES string of the molecule is C[C@H]1C[C@@H](C(=O)N(C)CCCOc2ccc(Cl)cc2)CCN1.Cl. The lowest BCUT2D eigenvalue weighted by Gasteiger charge is -2.30. The van der Waals surface area contributed by atoms with Crippen LogP contribution in [0.1, 0.15) is 26.2 Å². The molecule has 2 atom stereocenters. The largest absolute Gasteiger partial charge is 0.494 e. The zero-order valence-corrected chi connectivity index (χ0v) is 15.3. The van der Waals surface area contributed by atoms with E-state index < -0.39 is 0 Å². The van der Waals surface area contributed by atoms with Crippen molar-refractivity contribution in [1.82, 2.24) is 10.2 Å². The van der Waals surface area contributed by atoms with Crippen LogP contribution < -0.4 is 10.1 Å². The fourth-order valence-electron chi connectivity index (χ4n) is 2.80. The molecular formula is C17H26Cl2N2O2. The maximum Gasteiger partial charge on any atom is 0.225 e. The maximum absolute atomic E-state index is 12.4. The number of carbonyl (C=O) groups is 1. The Morgan fingerprint density at radius 3 is 2.74 bits per heavy atom. The fourth-order valence-corrected chi connectivity index (χ4v) is 2.93. The molecule has 4 nitrogen and oxygen atoms in total. The smallest absolute Gasteiger partial charge is 0.225 e. The third-order valence-corrected chi connectivity index (χ3v) is 4.32. The van der Waals surface area contributed by atoms with Gasteiger partial charge in [-0.05, 0) is 57.0 Å². The molecule has 1 aromatic rings. The van der Waals surface area contributed by atoms with Gasteiger partial charge in [0.25, 0.3) is 0 Å². The number of nitrogens with zero attached hydrogens (tertiary/aromatic N) is 1. The molecule has 2 rings (SSSR count). The van der Waals surface area contributed by atoms with E-state index in [4.69, 9.17) is 16.3 Å². The van der Waals surface area contributed by atoms with Gasteiger partial charge in [0, 0.05) is 30.6 Å². The Kier molecular flexibility index (Phi) is 8.74. The Labute approximate surface area is 149 Å². The van der Waals surface area contributed by atoms with Crippen molar-refractivity contribution in [1.29, 1.82) is 0 Å². The highest BCUT2D eigenvalue weighted by atomic mass is 35.5. The molecule has 1 fully saturated rings. The van der Waals surface area contributed by atoms with Crippen molar-refractivity contribution in [3.8, 4) is 5.75 Å². The molecule has 1 amide bonds. The molecule has 1 heterocycles. The third-order valence-electron chi connectivity index (χ3n) is 4.07. The summed E-state index contributed by atoms with van der Waals surface area (Å²) in [5.41, 5.74) is 0. The van der Waals surface area contributed by atoms with Gasteiger partial charge in [0.05, 0.1) is 6.61 Å². The Morgan fingerprint density at radius 2 is 2.09 bits per heavy atom. The first kappa shape index (κ1) is 20.1. The number of halogens is 2. The summed E-state index contributed by atoms with van der Waals surface area (Å²) in [5.74, 6) is 1.24. The number of benzene rings is 1. The topological polar surface area (TPSA) is 41.6 Å². The molecule has 0 saturated carbocycles. The van der Waals surface area contributed by atoms with Crippen molar-refractivity contribution in [2.45, 2.75) is 32.2 Å². The number of amides is 1. The monoisotopic (exact) mass is 360 g/mol. The predicted molar refractivity (Wildman–Crippen MR) is 96.6 cm³/mol. The summed E-state index contributed by atoms with van der Waals surface area (Å²) < 4.78 is 5.65. The molecule has 0 aliphatic carbocycles. The minimum Gasteiger partial charge on any atom is -0.494 e. The molecule has 0 radical (unpaired) electrons. The molecule has 0 bridgehead atoms. The summed E-state index contributed by atoms with van der Waals surface area (Å²) in [6.45, 7) is 4.40. The van der Waals surface area contributed by atoms with Crippen LogP contribution in [0.4, 0.5) is 0 Å². The van der Waals surface area contributed by atoms with Gasteiger partial charge in [0.15, 0.2) is 0 Å². The number of rotatable bonds is 6. The van der Waals surface area contributed by atoms with E-state index in [9.17, 15) is 4.79 Å². The number of nitrogens with one attached hydrogen (secondary N) is 1. The lowest BCUT2D eigenvalue weighted by atomic mass is 9.92. The van der Waals surface area contributed by atoms with E-state index >= 15 is 0 Å². The number of hydrogen-bond donors (Lipinski definition) is 1. The molecule has 0 unspecified atom stereocenters. The zero-order valence-electron chi connectivity index (χ0n) is 13.8. The second kappa shape index (κ2) is 10.0. The summed E-state index contributed by atoms with van der Waals surface area (Å²) in [4.78, 5) is 14.2. The maximum atomic E-state index is 12.4. The van der Waals surface area contributed by atoms with Gasteiger partial charge in [-0.3, -0.25) is 4.79 Å². The molecular weight excluding hydrogens is 335 g/mol. The highest BCUT2D eigenvalue weighted by Crippen LogP contribution is 2.19. The highest BCUT2D eigenvalue weighted by Gasteiger charge is 2.26. The quantitative estimate of drug-likeness (QED) is 0.790. The number of carbonyl (C=O) groups excluding carboxylic acids is 1. The van der Waals surface area contributed by atoms with Crippen LogP contribution in [0, 0.1) is 5.92 Å². The van der Waals surface area contributed by atoms with Gasteiger partial charge in [0.2, 0.25) is 5.91 Å². The molecule has 1 N–H and O–H groups in total. The standard InChI is InChI=1S/C17H25ClN2O2.ClH/c1-13-12-14(8-9-19-13)17(21)20(2)10-3-11-22-16-6-4-15(18)5-7-16;/h4-7,13-14,19H,3,8-12H2,1-2H3;1H/t13-,14-;/m0./s1. The second-order valence-corrected chi connectivity index (χ2v) is 6.43. The average molecular weight is 361 g/mol. The number of piperidine rings is 1. The first-order valence-corrected chi connectivity index (χ1v) is 8.31. The van der Waals surface area contributed by atoms with Gasteiger partial charge in [-0.15, -0.1) is 12.4 Å². The van der Waals surface area contributed by atoms with Gasteiger partial charge in [-0.2, -0.15) is 0 Å². The van der Waals surface area contributed by atoms with Crippen LogP contribution in [0.25, 0.3) is 0 Å². The summed E-state index contributed by atoms with van der Waals surface area (Å²) in [7, 11) is 1.89. The molecule has 1 aliphatic heterocycles. The van der Waals surface area contributed by atoms with E-state index in [0.717, 1.165) is 38.1 Å². The molecule has 0 spiro atoms. The van der Waals surface area contributed by atoms with E-state index in [1.807, 2.05) is 36.2 Å². The summed E-state index contributed by atoms with van der Waals surface area (Å²) in [6, 6.07) is 7.76. The molecule has 6 heteroatoms. The third kappa shape index (κ3) is 6.58. The first-order chi connectivity index (χ1) is 10.6. The van der Waals surface area contributed by atoms with Gasteiger partial charge in [-0.25, -0.2) is 0 Å². The van der Waals surface area contributed by atoms with Crippen molar-refractivity contribution in [2.75, 3.05) is 26.7 Å². The molecule has 1 saturated heterocycles. The van der Waals surface area contributed by atoms with Gasteiger partial charge < -0.3 is 15.0 Å². The van der Waals surface area contributed by atoms with Gasteiger partial charge in [0.1, 0.15) is 5.75 Å². The number of ether oxygens (including phenoxy) is 1. The summed E-state index contributed by atoms with van der Waals surface area (Å²) in [6.07, 6.45) is 2.70. The van der Waals surface area contributed by atoms with Crippen LogP contribution in [0.15, 0.2) is 24.3 Å². The van der Waals surface area contributed by atoms with Crippen molar-refractivity contribution < 1.29 is 9.53 Å². The number of hydrogen-bond acceptors (Lipinski definition) is 3. The van der Waals surface area contributed by atoms with Crippen LogP contribution in [-0.4, -0.2) is 43.6 Å². The molecule has 0 aromatic heterocycles. The van der Waals surface area contributed by atoms with Crippen molar-refractivity contribution in [3.63, 3.8) is 0 Å². The molecule has 1 aliphatic rings. The minimum atomic E-state index is 0. The van der Waals surface area contributed by atoms with E-state index in [2.05, 4.69) is 12.2 Å². The van der Waals surface area contributed by atoms with Crippen molar-refractivity contribution in [2.24, 2.45) is 5.92 Å². The van der Waals surface area contributed by atoms with Gasteiger partial charge >= 0.3 is 0 Å². The second-order valence-electron chi connectivity index (χ2n) is 5.99. The molecule has 1 aromatic carbocycles. The minimum absolute atomic E-state index is 0. The Bertz CT molecular complexity index is 482. The fraction of sp³-hybridized carbons (Fsp3) is 0.588. The average Bonchev–Trinajstić information content (AvgIpc) is 2.52. The summed E-state index contributed by atoms with van der Waals surface area (Å²) >= 11 is 5.83. The Hall–Kier alpha value is -0.970. The van der Waals surface area contributed by atoms with Crippen molar-refractivity contribution in [3.05, 3.63) is 29.3 Å². The molecule has 130 valence electrons. The van der Waals surface area contributed by atoms with Crippen LogP contribution in [-0.2, 0) is 4.79 Å². The van der Waals surface area contributed by atoms with Crippen molar-refractivity contribution >= 4 is 29.9 Å². The van der Waals surface area contributed by atoms with Crippen LogP contribution >= 0.6 is 24.0 Å². The predicted octanol–water partition coefficient (Wildman–Crippen LogP) is 3.38. The van der Waals surface area contributed by atoms with Crippen LogP contribution in [0.2, 0.25) is 5.02 Å². The lowest BCUT2D eigenvalue weighted by molar-refractivity contribution is -0.135. The van der Waals surface area contributed by atoms with Crippen LogP contribution in [0.3, 0.4) is 0 Å². The Morgan fingerprint density at radius 1 is 1.39 bits per heavy atom. The first-order valence-electron chi connectivity index (χ1n) is 7.93. The lowest BCUT2D eigenvalue weighted by Crippen LogP contribution is -2.43. The van der Waals surface area contributed by atoms with Crippen LogP contribution in [0.5, 0.6) is 5.75 Å². The van der Waals surface area contributed by atoms with E-state index in [1.54, 1.807) is 0 Å².